The Morgan fingerprint density at radius 2 is 1.71 bits per heavy atom. The minimum Gasteiger partial charge on any atom is -0.457 e. The van der Waals surface area contributed by atoms with Crippen LogP contribution >= 0.6 is 11.5 Å². The molecule has 8 heteroatoms. The SMILES string of the molecule is CNc1snc(C)c1C(=O)OCC(=O)Nc1ccc(Oc2ccccc2)cc1. The number of carbonyl (C=O) groups is 2. The van der Waals surface area contributed by atoms with Gasteiger partial charge in [-0.15, -0.1) is 0 Å². The molecule has 0 spiro atoms. The zero-order chi connectivity index (χ0) is 19.9. The van der Waals surface area contributed by atoms with Gasteiger partial charge in [-0.25, -0.2) is 4.79 Å². The second-order valence-electron chi connectivity index (χ2n) is 5.79. The van der Waals surface area contributed by atoms with E-state index in [2.05, 4.69) is 15.0 Å². The number of aromatic nitrogens is 1. The molecule has 3 aromatic rings. The van der Waals surface area contributed by atoms with E-state index in [0.717, 1.165) is 5.75 Å². The fourth-order valence-corrected chi connectivity index (χ4v) is 3.15. The molecule has 0 aliphatic rings. The lowest BCUT2D eigenvalue weighted by Gasteiger charge is -2.09. The third-order valence-electron chi connectivity index (χ3n) is 3.75. The largest absolute Gasteiger partial charge is 0.457 e. The Hall–Kier alpha value is -3.39. The first-order valence-electron chi connectivity index (χ1n) is 8.51. The van der Waals surface area contributed by atoms with Crippen molar-refractivity contribution in [3.8, 4) is 11.5 Å². The second-order valence-corrected chi connectivity index (χ2v) is 6.56. The molecule has 7 nitrogen and oxygen atoms in total. The standard InChI is InChI=1S/C20H19N3O4S/c1-13-18(19(21-2)28-23-13)20(25)26-12-17(24)22-14-8-10-16(11-9-14)27-15-6-4-3-5-7-15/h3-11,21H,12H2,1-2H3,(H,22,24). The molecular weight excluding hydrogens is 378 g/mol. The molecule has 144 valence electrons. The highest BCUT2D eigenvalue weighted by atomic mass is 32.1. The zero-order valence-corrected chi connectivity index (χ0v) is 16.2. The highest BCUT2D eigenvalue weighted by Crippen LogP contribution is 2.25. The molecule has 0 aliphatic carbocycles. The molecule has 0 saturated carbocycles. The van der Waals surface area contributed by atoms with Gasteiger partial charge >= 0.3 is 5.97 Å². The van der Waals surface area contributed by atoms with Crippen LogP contribution in [-0.2, 0) is 9.53 Å². The summed E-state index contributed by atoms with van der Waals surface area (Å²) in [6, 6.07) is 16.3. The number of rotatable bonds is 7. The van der Waals surface area contributed by atoms with E-state index >= 15 is 0 Å². The van der Waals surface area contributed by atoms with E-state index in [0.29, 0.717) is 27.7 Å². The highest BCUT2D eigenvalue weighted by molar-refractivity contribution is 7.10. The van der Waals surface area contributed by atoms with Crippen LogP contribution in [0.15, 0.2) is 54.6 Å². The van der Waals surface area contributed by atoms with Gasteiger partial charge in [-0.2, -0.15) is 4.37 Å². The predicted octanol–water partition coefficient (Wildman–Crippen LogP) is 4.08. The number of benzene rings is 2. The molecule has 1 heterocycles. The van der Waals surface area contributed by atoms with Gasteiger partial charge in [0.05, 0.1) is 5.69 Å². The van der Waals surface area contributed by atoms with Crippen molar-refractivity contribution in [2.75, 3.05) is 24.3 Å². The van der Waals surface area contributed by atoms with Gasteiger partial charge in [-0.3, -0.25) is 4.79 Å². The third kappa shape index (κ3) is 4.86. The van der Waals surface area contributed by atoms with Crippen LogP contribution in [0.2, 0.25) is 0 Å². The Morgan fingerprint density at radius 1 is 1.04 bits per heavy atom. The smallest absolute Gasteiger partial charge is 0.343 e. The Balaban J connectivity index is 1.52. The maximum absolute atomic E-state index is 12.2. The van der Waals surface area contributed by atoms with Crippen molar-refractivity contribution >= 4 is 34.1 Å². The summed E-state index contributed by atoms with van der Waals surface area (Å²) in [5.41, 5.74) is 1.49. The molecule has 2 aromatic carbocycles. The third-order valence-corrected chi connectivity index (χ3v) is 4.70. The molecule has 28 heavy (non-hydrogen) atoms. The normalized spacial score (nSPS) is 10.2. The van der Waals surface area contributed by atoms with Crippen LogP contribution in [0, 0.1) is 6.92 Å². The van der Waals surface area contributed by atoms with Gasteiger partial charge < -0.3 is 20.1 Å². The number of para-hydroxylation sites is 1. The molecule has 0 bridgehead atoms. The van der Waals surface area contributed by atoms with Gasteiger partial charge in [0.1, 0.15) is 22.1 Å². The van der Waals surface area contributed by atoms with Crippen LogP contribution in [0.1, 0.15) is 16.1 Å². The molecule has 3 rings (SSSR count). The minimum absolute atomic E-state index is 0.350. The van der Waals surface area contributed by atoms with Crippen LogP contribution in [-0.4, -0.2) is 29.9 Å². The summed E-state index contributed by atoms with van der Waals surface area (Å²) in [4.78, 5) is 24.2. The number of amides is 1. The van der Waals surface area contributed by atoms with E-state index in [9.17, 15) is 9.59 Å². The first kappa shape index (κ1) is 19.4. The van der Waals surface area contributed by atoms with Crippen molar-refractivity contribution in [1.29, 1.82) is 0 Å². The molecule has 0 radical (unpaired) electrons. The number of esters is 1. The summed E-state index contributed by atoms with van der Waals surface area (Å²) in [5, 5.41) is 6.17. The van der Waals surface area contributed by atoms with Gasteiger partial charge in [0.25, 0.3) is 5.91 Å². The summed E-state index contributed by atoms with van der Waals surface area (Å²) in [7, 11) is 1.70. The number of hydrogen-bond donors (Lipinski definition) is 2. The average Bonchev–Trinajstić information content (AvgIpc) is 3.09. The summed E-state index contributed by atoms with van der Waals surface area (Å²) < 4.78 is 14.9. The Morgan fingerprint density at radius 3 is 2.39 bits per heavy atom. The highest BCUT2D eigenvalue weighted by Gasteiger charge is 2.20. The first-order chi connectivity index (χ1) is 13.6. The van der Waals surface area contributed by atoms with Crippen LogP contribution in [0.4, 0.5) is 10.7 Å². The van der Waals surface area contributed by atoms with Crippen molar-refractivity contribution in [3.63, 3.8) is 0 Å². The van der Waals surface area contributed by atoms with Gasteiger partial charge in [-0.1, -0.05) is 18.2 Å². The molecule has 0 aliphatic heterocycles. The zero-order valence-electron chi connectivity index (χ0n) is 15.4. The van der Waals surface area contributed by atoms with Crippen molar-refractivity contribution in [2.45, 2.75) is 6.92 Å². The van der Waals surface area contributed by atoms with E-state index in [1.54, 1.807) is 38.2 Å². The van der Waals surface area contributed by atoms with Crippen LogP contribution in [0.5, 0.6) is 11.5 Å². The van der Waals surface area contributed by atoms with Gasteiger partial charge in [0.2, 0.25) is 0 Å². The van der Waals surface area contributed by atoms with Gasteiger partial charge in [0, 0.05) is 12.7 Å². The molecule has 2 N–H and O–H groups in total. The fourth-order valence-electron chi connectivity index (χ4n) is 2.41. The number of hydrogen-bond acceptors (Lipinski definition) is 7. The molecule has 1 amide bonds. The Kier molecular flexibility index (Phi) is 6.23. The summed E-state index contributed by atoms with van der Waals surface area (Å²) >= 11 is 1.17. The van der Waals surface area contributed by atoms with E-state index in [-0.39, 0.29) is 6.61 Å². The second kappa shape index (κ2) is 9.01. The van der Waals surface area contributed by atoms with E-state index in [1.807, 2.05) is 30.3 Å². The van der Waals surface area contributed by atoms with E-state index in [1.165, 1.54) is 11.5 Å². The van der Waals surface area contributed by atoms with Crippen molar-refractivity contribution in [2.24, 2.45) is 0 Å². The maximum Gasteiger partial charge on any atom is 0.343 e. The molecule has 0 atom stereocenters. The topological polar surface area (TPSA) is 89.5 Å². The fraction of sp³-hybridized carbons (Fsp3) is 0.150. The van der Waals surface area contributed by atoms with Gasteiger partial charge in [-0.05, 0) is 54.9 Å². The van der Waals surface area contributed by atoms with E-state index < -0.39 is 11.9 Å². The molecule has 0 unspecified atom stereocenters. The van der Waals surface area contributed by atoms with Crippen LogP contribution in [0.25, 0.3) is 0 Å². The summed E-state index contributed by atoms with van der Waals surface area (Å²) in [6.07, 6.45) is 0. The molecule has 1 aromatic heterocycles. The Labute approximate surface area is 166 Å². The van der Waals surface area contributed by atoms with Crippen LogP contribution < -0.4 is 15.4 Å². The maximum atomic E-state index is 12.2. The molecule has 0 saturated heterocycles. The number of ether oxygens (including phenoxy) is 2. The van der Waals surface area contributed by atoms with Crippen molar-refractivity contribution < 1.29 is 19.1 Å². The summed E-state index contributed by atoms with van der Waals surface area (Å²) in [5.74, 6) is 0.357. The lowest BCUT2D eigenvalue weighted by molar-refractivity contribution is -0.119. The first-order valence-corrected chi connectivity index (χ1v) is 9.28. The van der Waals surface area contributed by atoms with Crippen molar-refractivity contribution in [3.05, 3.63) is 65.9 Å². The van der Waals surface area contributed by atoms with Crippen molar-refractivity contribution in [1.82, 2.24) is 4.37 Å². The monoisotopic (exact) mass is 397 g/mol. The number of nitrogens with one attached hydrogen (secondary N) is 2. The quantitative estimate of drug-likeness (QED) is 0.584. The molecular formula is C20H19N3O4S. The average molecular weight is 397 g/mol. The number of nitrogens with zero attached hydrogens (tertiary/aromatic N) is 1. The Bertz CT molecular complexity index is 955. The lowest BCUT2D eigenvalue weighted by atomic mass is 10.2. The lowest BCUT2D eigenvalue weighted by Crippen LogP contribution is -2.21. The minimum atomic E-state index is -0.586. The predicted molar refractivity (Wildman–Crippen MR) is 108 cm³/mol. The summed E-state index contributed by atoms with van der Waals surface area (Å²) in [6.45, 7) is 1.33. The number of anilines is 2. The molecule has 0 fully saturated rings. The number of aryl methyl sites for hydroxylation is 1. The van der Waals surface area contributed by atoms with Gasteiger partial charge in [0.15, 0.2) is 6.61 Å². The van der Waals surface area contributed by atoms with Crippen LogP contribution in [0.3, 0.4) is 0 Å². The number of carbonyl (C=O) groups excluding carboxylic acids is 2. The van der Waals surface area contributed by atoms with E-state index in [4.69, 9.17) is 9.47 Å².